The molecule has 2 aliphatic rings. The van der Waals surface area contributed by atoms with Crippen LogP contribution in [0.4, 0.5) is 11.4 Å². The number of nitrogens with two attached hydrogens (primary N) is 1. The Morgan fingerprint density at radius 1 is 0.897 bits per heavy atom. The molecule has 0 saturated carbocycles. The summed E-state index contributed by atoms with van der Waals surface area (Å²) in [5.74, 6) is 1.67. The molecule has 0 aromatic heterocycles. The van der Waals surface area contributed by atoms with Crippen LogP contribution in [0.3, 0.4) is 0 Å². The van der Waals surface area contributed by atoms with Crippen molar-refractivity contribution in [1.29, 1.82) is 0 Å². The van der Waals surface area contributed by atoms with E-state index in [2.05, 4.69) is 35.9 Å². The summed E-state index contributed by atoms with van der Waals surface area (Å²) in [5.41, 5.74) is 11.8. The first-order valence-corrected chi connectivity index (χ1v) is 23.7. The van der Waals surface area contributed by atoms with E-state index in [4.69, 9.17) is 10.5 Å². The molecular weight excluding hydrogens is 797 g/mol. The lowest BCUT2D eigenvalue weighted by atomic mass is 9.80. The van der Waals surface area contributed by atoms with Gasteiger partial charge >= 0.3 is 0 Å². The molecule has 2 aliphatic heterocycles. The van der Waals surface area contributed by atoms with Crippen LogP contribution in [0, 0.1) is 0 Å². The lowest BCUT2D eigenvalue weighted by molar-refractivity contribution is -0.401. The Balaban J connectivity index is 1.15. The van der Waals surface area contributed by atoms with Gasteiger partial charge in [-0.15, -0.1) is 0 Å². The van der Waals surface area contributed by atoms with Gasteiger partial charge in [-0.25, -0.2) is 16.8 Å². The van der Waals surface area contributed by atoms with Gasteiger partial charge in [-0.1, -0.05) is 51.0 Å². The van der Waals surface area contributed by atoms with Crippen molar-refractivity contribution >= 4 is 55.0 Å². The standard InChI is InChI=1S/C43H56N4O8S3/c1-42(2)35-26-32(29-45-41(48)30-56-24-9-7-6-8-23-55-33-17-14-31(28-44)15-18-33)16-20-37(35)46(5)39(42)12-10-13-40-43(3,4)36-27-34(58(52,53)54)19-21-38(36)47(40)22-11-25-57(49,50)51/h10,12-21,26-27H,6-9,11,22-25,28-30,44H2,1-5H3,(H2-,45,48,49,50,51,52,53,54)/p-1. The van der Waals surface area contributed by atoms with Gasteiger partial charge in [0.2, 0.25) is 11.6 Å². The molecule has 0 aliphatic carbocycles. The summed E-state index contributed by atoms with van der Waals surface area (Å²) in [5, 5.41) is 3.07. The summed E-state index contributed by atoms with van der Waals surface area (Å²) in [7, 11) is -7.13. The number of ether oxygens (including phenoxy) is 1. The third kappa shape index (κ3) is 11.2. The fourth-order valence-electron chi connectivity index (χ4n) is 7.66. The lowest BCUT2D eigenvalue weighted by Gasteiger charge is -2.27. The second kappa shape index (κ2) is 18.9. The van der Waals surface area contributed by atoms with Gasteiger partial charge in [-0.3, -0.25) is 4.79 Å². The number of benzene rings is 3. The number of hydrogen-bond acceptors (Lipinski definition) is 11. The number of anilines is 1. The Hall–Kier alpha value is -3.99. The van der Waals surface area contributed by atoms with Gasteiger partial charge < -0.3 is 29.8 Å². The molecule has 0 fully saturated rings. The van der Waals surface area contributed by atoms with Crippen molar-refractivity contribution in [3.8, 4) is 5.75 Å². The van der Waals surface area contributed by atoms with Crippen molar-refractivity contribution < 1.29 is 40.0 Å². The summed E-state index contributed by atoms with van der Waals surface area (Å²) in [6.07, 6.45) is 10.1. The number of carbonyl (C=O) groups excluding carboxylic acids is 1. The van der Waals surface area contributed by atoms with Crippen LogP contribution >= 0.6 is 11.8 Å². The highest BCUT2D eigenvalue weighted by atomic mass is 32.2. The second-order valence-corrected chi connectivity index (χ2v) is 19.8. The highest BCUT2D eigenvalue weighted by Gasteiger charge is 2.43. The van der Waals surface area contributed by atoms with E-state index in [0.717, 1.165) is 71.0 Å². The van der Waals surface area contributed by atoms with Crippen molar-refractivity contribution in [3.63, 3.8) is 0 Å². The van der Waals surface area contributed by atoms with E-state index in [1.165, 1.54) is 12.1 Å². The SMILES string of the molecule is C[N+]1=C(/C=C/C=C2\N(CCCS(=O)(=O)[O-])c3ccc(S(=O)(=O)[O-])cc3C2(C)C)C(C)(C)c2cc(CNC(=O)CSCCCCCCOc3ccc(CN)cc3)ccc21. The average molecular weight is 852 g/mol. The van der Waals surface area contributed by atoms with Crippen LogP contribution < -0.4 is 20.7 Å². The zero-order valence-corrected chi connectivity index (χ0v) is 36.4. The molecule has 0 spiro atoms. The van der Waals surface area contributed by atoms with E-state index >= 15 is 0 Å². The predicted molar refractivity (Wildman–Crippen MR) is 229 cm³/mol. The fourth-order valence-corrected chi connectivity index (χ4v) is 9.48. The highest BCUT2D eigenvalue weighted by Crippen LogP contribution is 2.48. The largest absolute Gasteiger partial charge is 0.748 e. The molecule has 0 radical (unpaired) electrons. The summed E-state index contributed by atoms with van der Waals surface area (Å²) < 4.78 is 77.8. The fraction of sp³-hybridized carbons (Fsp3) is 0.442. The Morgan fingerprint density at radius 2 is 1.60 bits per heavy atom. The Bertz CT molecular complexity index is 2280. The van der Waals surface area contributed by atoms with Gasteiger partial charge in [0, 0.05) is 59.9 Å². The smallest absolute Gasteiger partial charge is 0.230 e. The minimum atomic E-state index is -4.71. The quantitative estimate of drug-likeness (QED) is 0.0748. The minimum Gasteiger partial charge on any atom is -0.748 e. The zero-order chi connectivity index (χ0) is 42.3. The first-order valence-electron chi connectivity index (χ1n) is 19.5. The Morgan fingerprint density at radius 3 is 2.29 bits per heavy atom. The average Bonchev–Trinajstić information content (AvgIpc) is 3.49. The number of nitrogens with one attached hydrogen (secondary N) is 1. The maximum Gasteiger partial charge on any atom is 0.230 e. The molecule has 0 saturated heterocycles. The molecule has 0 unspecified atom stereocenters. The normalized spacial score (nSPS) is 16.6. The number of hydrogen-bond donors (Lipinski definition) is 2. The van der Waals surface area contributed by atoms with Crippen LogP contribution in [0.2, 0.25) is 0 Å². The van der Waals surface area contributed by atoms with Crippen LogP contribution in [0.15, 0.2) is 89.5 Å². The molecule has 314 valence electrons. The van der Waals surface area contributed by atoms with Crippen molar-refractivity contribution in [2.24, 2.45) is 5.73 Å². The van der Waals surface area contributed by atoms with Gasteiger partial charge in [0.1, 0.15) is 22.9 Å². The van der Waals surface area contributed by atoms with Gasteiger partial charge in [0.15, 0.2) is 5.71 Å². The molecule has 58 heavy (non-hydrogen) atoms. The summed E-state index contributed by atoms with van der Waals surface area (Å²) in [6.45, 7) is 9.95. The van der Waals surface area contributed by atoms with Crippen LogP contribution in [0.5, 0.6) is 5.75 Å². The molecular formula is C43H55N4O8S3-. The van der Waals surface area contributed by atoms with Crippen LogP contribution in [-0.2, 0) is 49.0 Å². The molecule has 3 aromatic rings. The van der Waals surface area contributed by atoms with Crippen molar-refractivity contribution in [2.45, 2.75) is 88.6 Å². The molecule has 1 amide bonds. The number of nitrogens with zero attached hydrogens (tertiary/aromatic N) is 2. The number of allylic oxidation sites excluding steroid dienone is 4. The molecule has 0 bridgehead atoms. The molecule has 3 aromatic carbocycles. The van der Waals surface area contributed by atoms with Crippen LogP contribution in [-0.4, -0.2) is 79.6 Å². The summed E-state index contributed by atoms with van der Waals surface area (Å²) in [6, 6.07) is 18.3. The third-order valence-electron chi connectivity index (χ3n) is 10.9. The zero-order valence-electron chi connectivity index (χ0n) is 34.0. The van der Waals surface area contributed by atoms with E-state index in [9.17, 15) is 30.7 Å². The molecule has 15 heteroatoms. The highest BCUT2D eigenvalue weighted by molar-refractivity contribution is 7.99. The van der Waals surface area contributed by atoms with E-state index in [1.54, 1.807) is 17.8 Å². The van der Waals surface area contributed by atoms with Crippen LogP contribution in [0.1, 0.15) is 82.1 Å². The second-order valence-electron chi connectivity index (χ2n) is 15.8. The Labute approximate surface area is 348 Å². The molecule has 5 rings (SSSR count). The maximum atomic E-state index is 12.7. The maximum absolute atomic E-state index is 12.7. The molecule has 0 atom stereocenters. The number of fused-ring (bicyclic) bond motifs is 2. The monoisotopic (exact) mass is 851 g/mol. The third-order valence-corrected chi connectivity index (χ3v) is 13.5. The molecule has 3 N–H and O–H groups in total. The summed E-state index contributed by atoms with van der Waals surface area (Å²) in [4.78, 5) is 14.2. The number of unbranched alkanes of at least 4 members (excludes halogenated alkanes) is 3. The Kier molecular flexibility index (Phi) is 14.7. The number of carbonyl (C=O) groups is 1. The van der Waals surface area contributed by atoms with Gasteiger partial charge in [-0.05, 0) is 98.0 Å². The molecule has 12 nitrogen and oxygen atoms in total. The van der Waals surface area contributed by atoms with Gasteiger partial charge in [0.25, 0.3) is 0 Å². The number of amides is 1. The first-order chi connectivity index (χ1) is 27.3. The van der Waals surface area contributed by atoms with E-state index in [-0.39, 0.29) is 29.2 Å². The number of thioether (sulfide) groups is 1. The van der Waals surface area contributed by atoms with Crippen molar-refractivity contribution in [3.05, 3.63) is 107 Å². The first kappa shape index (κ1) is 45.1. The molecule has 2 heterocycles. The van der Waals surface area contributed by atoms with Gasteiger partial charge in [-0.2, -0.15) is 16.3 Å². The number of rotatable bonds is 20. The van der Waals surface area contributed by atoms with E-state index in [0.29, 0.717) is 36.7 Å². The van der Waals surface area contributed by atoms with Crippen LogP contribution in [0.25, 0.3) is 0 Å². The van der Waals surface area contributed by atoms with Gasteiger partial charge in [0.05, 0.1) is 32.8 Å². The topological polar surface area (TPSA) is 185 Å². The lowest BCUT2D eigenvalue weighted by Crippen LogP contribution is -2.28. The predicted octanol–water partition coefficient (Wildman–Crippen LogP) is 6.22. The van der Waals surface area contributed by atoms with E-state index in [1.807, 2.05) is 74.4 Å². The van der Waals surface area contributed by atoms with Crippen molar-refractivity contribution in [2.75, 3.05) is 42.4 Å². The minimum absolute atomic E-state index is 0.00529. The van der Waals surface area contributed by atoms with E-state index < -0.39 is 31.4 Å². The van der Waals surface area contributed by atoms with Crippen molar-refractivity contribution in [1.82, 2.24) is 5.32 Å². The summed E-state index contributed by atoms with van der Waals surface area (Å²) >= 11 is 1.65.